The van der Waals surface area contributed by atoms with Gasteiger partial charge in [0.1, 0.15) is 5.75 Å². The molecule has 0 N–H and O–H groups in total. The van der Waals surface area contributed by atoms with E-state index in [4.69, 9.17) is 9.47 Å². The van der Waals surface area contributed by atoms with Gasteiger partial charge in [-0.15, -0.1) is 0 Å². The summed E-state index contributed by atoms with van der Waals surface area (Å²) < 4.78 is 10.9. The van der Waals surface area contributed by atoms with E-state index in [1.165, 1.54) is 0 Å². The van der Waals surface area contributed by atoms with E-state index >= 15 is 0 Å². The van der Waals surface area contributed by atoms with Crippen LogP contribution in [0.25, 0.3) is 11.1 Å². The first kappa shape index (κ1) is 16.5. The molecule has 4 heteroatoms. The van der Waals surface area contributed by atoms with Crippen LogP contribution in [0.3, 0.4) is 0 Å². The summed E-state index contributed by atoms with van der Waals surface area (Å²) in [4.78, 5) is 14.7. The summed E-state index contributed by atoms with van der Waals surface area (Å²) >= 11 is 0. The Morgan fingerprint density at radius 2 is 1.92 bits per heavy atom. The number of ether oxygens (including phenoxy) is 2. The summed E-state index contributed by atoms with van der Waals surface area (Å²) in [6.07, 6.45) is 0.962. The Hall–Kier alpha value is -2.33. The van der Waals surface area contributed by atoms with Crippen LogP contribution in [-0.2, 0) is 4.74 Å². The van der Waals surface area contributed by atoms with Gasteiger partial charge < -0.3 is 14.4 Å². The Morgan fingerprint density at radius 1 is 1.17 bits per heavy atom. The summed E-state index contributed by atoms with van der Waals surface area (Å²) in [5, 5.41) is 0. The van der Waals surface area contributed by atoms with Crippen LogP contribution in [0.15, 0.2) is 48.5 Å². The molecule has 0 unspecified atom stereocenters. The molecule has 0 spiro atoms. The zero-order valence-corrected chi connectivity index (χ0v) is 14.2. The molecular formula is C20H23NO3. The van der Waals surface area contributed by atoms with Gasteiger partial charge in [0.15, 0.2) is 0 Å². The van der Waals surface area contributed by atoms with Crippen molar-refractivity contribution >= 4 is 5.91 Å². The lowest BCUT2D eigenvalue weighted by molar-refractivity contribution is 0.0563. The van der Waals surface area contributed by atoms with Crippen molar-refractivity contribution in [1.29, 1.82) is 0 Å². The molecular weight excluding hydrogens is 302 g/mol. The highest BCUT2D eigenvalue weighted by Gasteiger charge is 2.21. The van der Waals surface area contributed by atoms with E-state index in [2.05, 4.69) is 0 Å². The predicted octanol–water partition coefficient (Wildman–Crippen LogP) is 3.61. The van der Waals surface area contributed by atoms with Crippen LogP contribution in [0.5, 0.6) is 5.75 Å². The molecule has 1 atom stereocenters. The minimum absolute atomic E-state index is 0.0668. The van der Waals surface area contributed by atoms with Crippen molar-refractivity contribution in [2.45, 2.75) is 19.4 Å². The van der Waals surface area contributed by atoms with E-state index in [1.807, 2.05) is 60.4 Å². The SMILES string of the molecule is COc1cccc(-c2cccc(C(=O)N3CCCO[C@@H](C)C3)c2)c1. The molecule has 2 aromatic rings. The van der Waals surface area contributed by atoms with Gasteiger partial charge in [-0.3, -0.25) is 4.79 Å². The smallest absolute Gasteiger partial charge is 0.253 e. The summed E-state index contributed by atoms with van der Waals surface area (Å²) in [5.74, 6) is 0.875. The fourth-order valence-electron chi connectivity index (χ4n) is 3.00. The maximum atomic E-state index is 12.9. The predicted molar refractivity (Wildman–Crippen MR) is 94.4 cm³/mol. The first-order valence-corrected chi connectivity index (χ1v) is 8.33. The Balaban J connectivity index is 1.85. The summed E-state index contributed by atoms with van der Waals surface area (Å²) in [6, 6.07) is 15.6. The average Bonchev–Trinajstić information content (AvgIpc) is 2.85. The van der Waals surface area contributed by atoms with Gasteiger partial charge in [-0.05, 0) is 48.7 Å². The van der Waals surface area contributed by atoms with Crippen LogP contribution in [0.1, 0.15) is 23.7 Å². The van der Waals surface area contributed by atoms with Gasteiger partial charge in [-0.25, -0.2) is 0 Å². The van der Waals surface area contributed by atoms with Crippen LogP contribution >= 0.6 is 0 Å². The van der Waals surface area contributed by atoms with Gasteiger partial charge >= 0.3 is 0 Å². The number of carbonyl (C=O) groups excluding carboxylic acids is 1. The second-order valence-corrected chi connectivity index (χ2v) is 6.10. The van der Waals surface area contributed by atoms with E-state index in [0.717, 1.165) is 36.4 Å². The molecule has 3 rings (SSSR count). The molecule has 0 aliphatic carbocycles. The lowest BCUT2D eigenvalue weighted by Crippen LogP contribution is -2.35. The van der Waals surface area contributed by atoms with Crippen molar-refractivity contribution in [3.05, 3.63) is 54.1 Å². The molecule has 0 bridgehead atoms. The molecule has 0 aromatic heterocycles. The fourth-order valence-corrected chi connectivity index (χ4v) is 3.00. The van der Waals surface area contributed by atoms with Gasteiger partial charge in [0, 0.05) is 25.3 Å². The lowest BCUT2D eigenvalue weighted by Gasteiger charge is -2.22. The van der Waals surface area contributed by atoms with Gasteiger partial charge in [0.05, 0.1) is 13.2 Å². The third kappa shape index (κ3) is 3.77. The number of methoxy groups -OCH3 is 1. The van der Waals surface area contributed by atoms with Crippen molar-refractivity contribution < 1.29 is 14.3 Å². The first-order valence-electron chi connectivity index (χ1n) is 8.33. The zero-order valence-electron chi connectivity index (χ0n) is 14.2. The van der Waals surface area contributed by atoms with Gasteiger partial charge in [0.25, 0.3) is 5.91 Å². The van der Waals surface area contributed by atoms with E-state index in [9.17, 15) is 4.79 Å². The monoisotopic (exact) mass is 325 g/mol. The van der Waals surface area contributed by atoms with Crippen LogP contribution in [-0.4, -0.2) is 43.7 Å². The van der Waals surface area contributed by atoms with Crippen LogP contribution < -0.4 is 4.74 Å². The summed E-state index contributed by atoms with van der Waals surface area (Å²) in [6.45, 7) is 4.11. The van der Waals surface area contributed by atoms with Crippen molar-refractivity contribution in [1.82, 2.24) is 4.90 Å². The quantitative estimate of drug-likeness (QED) is 0.865. The Labute approximate surface area is 143 Å². The van der Waals surface area contributed by atoms with Crippen molar-refractivity contribution in [2.24, 2.45) is 0 Å². The highest BCUT2D eigenvalue weighted by Crippen LogP contribution is 2.25. The molecule has 126 valence electrons. The molecule has 1 amide bonds. The molecule has 2 aromatic carbocycles. The van der Waals surface area contributed by atoms with E-state index in [0.29, 0.717) is 12.1 Å². The molecule has 1 heterocycles. The molecule has 1 aliphatic rings. The van der Waals surface area contributed by atoms with Crippen molar-refractivity contribution in [2.75, 3.05) is 26.8 Å². The molecule has 1 aliphatic heterocycles. The molecule has 0 saturated carbocycles. The Bertz CT molecular complexity index is 714. The van der Waals surface area contributed by atoms with E-state index in [1.54, 1.807) is 7.11 Å². The standard InChI is InChI=1S/C20H23NO3/c1-15-14-21(10-5-11-24-15)20(22)18-8-3-6-16(12-18)17-7-4-9-19(13-17)23-2/h3-4,6-9,12-13,15H,5,10-11,14H2,1-2H3/t15-/m0/s1. The minimum Gasteiger partial charge on any atom is -0.497 e. The van der Waals surface area contributed by atoms with Gasteiger partial charge in [-0.1, -0.05) is 24.3 Å². The van der Waals surface area contributed by atoms with Crippen LogP contribution in [0.2, 0.25) is 0 Å². The third-order valence-corrected chi connectivity index (χ3v) is 4.25. The van der Waals surface area contributed by atoms with Gasteiger partial charge in [0.2, 0.25) is 0 Å². The number of amides is 1. The molecule has 4 nitrogen and oxygen atoms in total. The first-order chi connectivity index (χ1) is 11.7. The van der Waals surface area contributed by atoms with E-state index < -0.39 is 0 Å². The highest BCUT2D eigenvalue weighted by atomic mass is 16.5. The molecule has 1 saturated heterocycles. The molecule has 1 fully saturated rings. The number of nitrogens with zero attached hydrogens (tertiary/aromatic N) is 1. The molecule has 24 heavy (non-hydrogen) atoms. The van der Waals surface area contributed by atoms with E-state index in [-0.39, 0.29) is 12.0 Å². The maximum absolute atomic E-state index is 12.9. The fraction of sp³-hybridized carbons (Fsp3) is 0.350. The zero-order chi connectivity index (χ0) is 16.9. The highest BCUT2D eigenvalue weighted by molar-refractivity contribution is 5.95. The number of benzene rings is 2. The van der Waals surface area contributed by atoms with Crippen LogP contribution in [0, 0.1) is 0 Å². The number of hydrogen-bond donors (Lipinski definition) is 0. The van der Waals surface area contributed by atoms with Crippen LogP contribution in [0.4, 0.5) is 0 Å². The maximum Gasteiger partial charge on any atom is 0.253 e. The largest absolute Gasteiger partial charge is 0.497 e. The summed E-state index contributed by atoms with van der Waals surface area (Å²) in [5.41, 5.74) is 2.76. The second-order valence-electron chi connectivity index (χ2n) is 6.10. The third-order valence-electron chi connectivity index (χ3n) is 4.25. The average molecular weight is 325 g/mol. The Morgan fingerprint density at radius 3 is 2.71 bits per heavy atom. The summed E-state index contributed by atoms with van der Waals surface area (Å²) in [7, 11) is 1.65. The molecule has 0 radical (unpaired) electrons. The number of hydrogen-bond acceptors (Lipinski definition) is 3. The number of carbonyl (C=O) groups is 1. The van der Waals surface area contributed by atoms with Crippen molar-refractivity contribution in [3.8, 4) is 16.9 Å². The van der Waals surface area contributed by atoms with Crippen molar-refractivity contribution in [3.63, 3.8) is 0 Å². The topological polar surface area (TPSA) is 38.8 Å². The number of rotatable bonds is 3. The normalized spacial score (nSPS) is 18.1. The van der Waals surface area contributed by atoms with Gasteiger partial charge in [-0.2, -0.15) is 0 Å². The lowest BCUT2D eigenvalue weighted by atomic mass is 10.0. The minimum atomic E-state index is 0.0668. The second kappa shape index (κ2) is 7.49. The Kier molecular flexibility index (Phi) is 5.16.